The molecule has 1 aliphatic heterocycles. The molecule has 1 atom stereocenters. The van der Waals surface area contributed by atoms with E-state index in [9.17, 15) is 5.11 Å². The van der Waals surface area contributed by atoms with Crippen LogP contribution in [0.1, 0.15) is 64.2 Å². The molecule has 0 aromatic carbocycles. The Kier molecular flexibility index (Phi) is 2.75. The Labute approximate surface area is 98.4 Å². The van der Waals surface area contributed by atoms with Gasteiger partial charge in [0.05, 0.1) is 11.7 Å². The molecule has 0 radical (unpaired) electrons. The van der Waals surface area contributed by atoms with Crippen molar-refractivity contribution in [3.63, 3.8) is 0 Å². The van der Waals surface area contributed by atoms with E-state index >= 15 is 0 Å². The summed E-state index contributed by atoms with van der Waals surface area (Å²) >= 11 is 0. The Morgan fingerprint density at radius 2 is 1.75 bits per heavy atom. The Bertz CT molecular complexity index is 251. The first kappa shape index (κ1) is 11.0. The lowest BCUT2D eigenvalue weighted by Gasteiger charge is -2.33. The highest BCUT2D eigenvalue weighted by Crippen LogP contribution is 2.52. The Hall–Kier alpha value is -0.0800. The third-order valence-corrected chi connectivity index (χ3v) is 5.06. The first-order chi connectivity index (χ1) is 7.76. The van der Waals surface area contributed by atoms with Gasteiger partial charge in [0.1, 0.15) is 0 Å². The summed E-state index contributed by atoms with van der Waals surface area (Å²) < 4.78 is 6.36. The number of hydrogen-bond donors (Lipinski definition) is 1. The summed E-state index contributed by atoms with van der Waals surface area (Å²) in [6.07, 6.45) is 13.2. The van der Waals surface area contributed by atoms with Gasteiger partial charge in [0.2, 0.25) is 0 Å². The molecule has 2 aliphatic carbocycles. The van der Waals surface area contributed by atoms with E-state index in [0.717, 1.165) is 6.42 Å². The number of ether oxygens (including phenoxy) is 1. The summed E-state index contributed by atoms with van der Waals surface area (Å²) in [5.41, 5.74) is 0.527. The molecule has 92 valence electrons. The summed E-state index contributed by atoms with van der Waals surface area (Å²) in [5, 5.41) is 9.36. The average molecular weight is 224 g/mol. The van der Waals surface area contributed by atoms with Crippen LogP contribution in [0.4, 0.5) is 0 Å². The largest absolute Gasteiger partial charge is 0.396 e. The highest BCUT2D eigenvalue weighted by atomic mass is 16.5. The molecule has 1 saturated heterocycles. The monoisotopic (exact) mass is 224 g/mol. The summed E-state index contributed by atoms with van der Waals surface area (Å²) in [6.45, 7) is 0.375. The molecule has 0 aromatic heterocycles. The van der Waals surface area contributed by atoms with Crippen molar-refractivity contribution in [3.05, 3.63) is 0 Å². The van der Waals surface area contributed by atoms with Gasteiger partial charge >= 0.3 is 0 Å². The molecule has 3 fully saturated rings. The van der Waals surface area contributed by atoms with Gasteiger partial charge in [-0.25, -0.2) is 0 Å². The van der Waals surface area contributed by atoms with Gasteiger partial charge in [0, 0.05) is 6.61 Å². The van der Waals surface area contributed by atoms with Crippen LogP contribution in [-0.4, -0.2) is 23.4 Å². The first-order valence-electron chi connectivity index (χ1n) is 7.05. The molecule has 0 bridgehead atoms. The van der Waals surface area contributed by atoms with Crippen LogP contribution in [0.5, 0.6) is 0 Å². The standard InChI is InChI=1S/C14H24O2/c15-11-13(8-9-13)10-12-4-7-14(16-12)5-2-1-3-6-14/h12,15H,1-11H2. The lowest BCUT2D eigenvalue weighted by atomic mass is 9.83. The Balaban J connectivity index is 1.56. The lowest BCUT2D eigenvalue weighted by Crippen LogP contribution is -2.32. The second-order valence-corrected chi connectivity index (χ2v) is 6.38. The molecule has 0 amide bonds. The van der Waals surface area contributed by atoms with Crippen LogP contribution in [0.3, 0.4) is 0 Å². The van der Waals surface area contributed by atoms with Crippen LogP contribution in [-0.2, 0) is 4.74 Å². The predicted octanol–water partition coefficient (Wildman–Crippen LogP) is 3.03. The average Bonchev–Trinajstić information content (AvgIpc) is 2.99. The zero-order chi connectivity index (χ0) is 11.1. The van der Waals surface area contributed by atoms with Gasteiger partial charge in [0.25, 0.3) is 0 Å². The Morgan fingerprint density at radius 3 is 2.38 bits per heavy atom. The zero-order valence-corrected chi connectivity index (χ0v) is 10.2. The molecule has 3 aliphatic rings. The Morgan fingerprint density at radius 1 is 1.00 bits per heavy atom. The molecule has 2 saturated carbocycles. The molecule has 1 N–H and O–H groups in total. The molecule has 1 unspecified atom stereocenters. The minimum absolute atomic E-state index is 0.258. The molecule has 0 aromatic rings. The van der Waals surface area contributed by atoms with E-state index in [1.165, 1.54) is 57.8 Å². The van der Waals surface area contributed by atoms with Crippen molar-refractivity contribution in [2.75, 3.05) is 6.61 Å². The highest BCUT2D eigenvalue weighted by Gasteiger charge is 2.48. The molecule has 2 heteroatoms. The second-order valence-electron chi connectivity index (χ2n) is 6.38. The normalized spacial score (nSPS) is 35.4. The van der Waals surface area contributed by atoms with Crippen LogP contribution in [0, 0.1) is 5.41 Å². The number of hydrogen-bond acceptors (Lipinski definition) is 2. The van der Waals surface area contributed by atoms with Gasteiger partial charge in [-0.1, -0.05) is 19.3 Å². The summed E-state index contributed by atoms with van der Waals surface area (Å²) in [6, 6.07) is 0. The summed E-state index contributed by atoms with van der Waals surface area (Å²) in [5.74, 6) is 0. The maximum atomic E-state index is 9.36. The van der Waals surface area contributed by atoms with Crippen LogP contribution in [0.2, 0.25) is 0 Å². The van der Waals surface area contributed by atoms with E-state index in [4.69, 9.17) is 4.74 Å². The first-order valence-corrected chi connectivity index (χ1v) is 7.05. The third-order valence-electron chi connectivity index (χ3n) is 5.06. The van der Waals surface area contributed by atoms with Crippen LogP contribution in [0.15, 0.2) is 0 Å². The van der Waals surface area contributed by atoms with Gasteiger partial charge in [0.15, 0.2) is 0 Å². The fraction of sp³-hybridized carbons (Fsp3) is 1.00. The van der Waals surface area contributed by atoms with Crippen molar-refractivity contribution in [3.8, 4) is 0 Å². The third kappa shape index (κ3) is 2.02. The van der Waals surface area contributed by atoms with Crippen molar-refractivity contribution in [2.45, 2.75) is 75.9 Å². The van der Waals surface area contributed by atoms with Gasteiger partial charge in [-0.05, 0) is 50.4 Å². The van der Waals surface area contributed by atoms with Crippen molar-refractivity contribution in [2.24, 2.45) is 5.41 Å². The van der Waals surface area contributed by atoms with E-state index in [1.807, 2.05) is 0 Å². The summed E-state index contributed by atoms with van der Waals surface area (Å²) in [4.78, 5) is 0. The van der Waals surface area contributed by atoms with Gasteiger partial charge in [-0.3, -0.25) is 0 Å². The smallest absolute Gasteiger partial charge is 0.0687 e. The van der Waals surface area contributed by atoms with Crippen molar-refractivity contribution >= 4 is 0 Å². The lowest BCUT2D eigenvalue weighted by molar-refractivity contribution is -0.0732. The van der Waals surface area contributed by atoms with Crippen LogP contribution in [0.25, 0.3) is 0 Å². The van der Waals surface area contributed by atoms with Gasteiger partial charge < -0.3 is 9.84 Å². The van der Waals surface area contributed by atoms with E-state index < -0.39 is 0 Å². The quantitative estimate of drug-likeness (QED) is 0.798. The topological polar surface area (TPSA) is 29.5 Å². The van der Waals surface area contributed by atoms with Crippen molar-refractivity contribution < 1.29 is 9.84 Å². The zero-order valence-electron chi connectivity index (χ0n) is 10.2. The maximum absolute atomic E-state index is 9.36. The molecule has 1 spiro atoms. The van der Waals surface area contributed by atoms with Crippen LogP contribution >= 0.6 is 0 Å². The van der Waals surface area contributed by atoms with E-state index in [0.29, 0.717) is 12.7 Å². The molecule has 3 rings (SSSR count). The molecule has 2 nitrogen and oxygen atoms in total. The second kappa shape index (κ2) is 3.99. The van der Waals surface area contributed by atoms with E-state index in [-0.39, 0.29) is 11.0 Å². The molecular formula is C14H24O2. The summed E-state index contributed by atoms with van der Waals surface area (Å²) in [7, 11) is 0. The fourth-order valence-electron chi connectivity index (χ4n) is 3.69. The van der Waals surface area contributed by atoms with Gasteiger partial charge in [-0.15, -0.1) is 0 Å². The van der Waals surface area contributed by atoms with E-state index in [2.05, 4.69) is 0 Å². The molecular weight excluding hydrogens is 200 g/mol. The predicted molar refractivity (Wildman–Crippen MR) is 63.3 cm³/mol. The number of aliphatic hydroxyl groups is 1. The minimum atomic E-state index is 0.258. The fourth-order valence-corrected chi connectivity index (χ4v) is 3.69. The van der Waals surface area contributed by atoms with Crippen LogP contribution < -0.4 is 0 Å². The van der Waals surface area contributed by atoms with E-state index in [1.54, 1.807) is 0 Å². The van der Waals surface area contributed by atoms with Crippen molar-refractivity contribution in [1.82, 2.24) is 0 Å². The van der Waals surface area contributed by atoms with Crippen molar-refractivity contribution in [1.29, 1.82) is 0 Å². The highest BCUT2D eigenvalue weighted by molar-refractivity contribution is 4.98. The molecule has 1 heterocycles. The SMILES string of the molecule is OCC1(CC2CCC3(CCCCC3)O2)CC1. The minimum Gasteiger partial charge on any atom is -0.396 e. The molecule has 16 heavy (non-hydrogen) atoms. The number of aliphatic hydroxyl groups excluding tert-OH is 1. The maximum Gasteiger partial charge on any atom is 0.0687 e. The number of rotatable bonds is 3. The van der Waals surface area contributed by atoms with Gasteiger partial charge in [-0.2, -0.15) is 0 Å².